The molecule has 0 aliphatic rings. The van der Waals surface area contributed by atoms with Gasteiger partial charge in [0.1, 0.15) is 11.4 Å². The van der Waals surface area contributed by atoms with Crippen LogP contribution in [0.25, 0.3) is 33.9 Å². The van der Waals surface area contributed by atoms with Gasteiger partial charge in [0.2, 0.25) is 0 Å². The molecule has 120 valence electrons. The zero-order valence-electron chi connectivity index (χ0n) is 12.9. The minimum absolute atomic E-state index is 0. The van der Waals surface area contributed by atoms with Gasteiger partial charge in [0, 0.05) is 12.3 Å². The number of benzene rings is 1. The van der Waals surface area contributed by atoms with Crippen molar-refractivity contribution in [1.29, 1.82) is 0 Å². The third kappa shape index (κ3) is 2.94. The van der Waals surface area contributed by atoms with Crippen LogP contribution in [0.15, 0.2) is 60.8 Å². The summed E-state index contributed by atoms with van der Waals surface area (Å²) in [7, 11) is 1.65. The van der Waals surface area contributed by atoms with E-state index in [0.717, 1.165) is 39.7 Å². The number of rotatable bonds is 3. The molecule has 0 saturated heterocycles. The fourth-order valence-electron chi connectivity index (χ4n) is 2.46. The Morgan fingerprint density at radius 1 is 0.875 bits per heavy atom. The summed E-state index contributed by atoms with van der Waals surface area (Å²) in [6.45, 7) is 0. The number of aromatic amines is 1. The first-order valence-corrected chi connectivity index (χ1v) is 7.26. The number of methoxy groups -OCH3 is 1. The van der Waals surface area contributed by atoms with Crippen LogP contribution in [0, 0.1) is 0 Å². The molecule has 4 aromatic rings. The van der Waals surface area contributed by atoms with Crippen LogP contribution in [0.4, 0.5) is 0 Å². The largest absolute Gasteiger partial charge is 0.497 e. The molecule has 3 heterocycles. The maximum atomic E-state index is 5.24. The van der Waals surface area contributed by atoms with Gasteiger partial charge >= 0.3 is 0 Å². The molecule has 0 saturated carbocycles. The van der Waals surface area contributed by atoms with Gasteiger partial charge in [-0.15, -0.1) is 12.4 Å². The van der Waals surface area contributed by atoms with Crippen LogP contribution in [0.1, 0.15) is 0 Å². The smallest absolute Gasteiger partial charge is 0.157 e. The van der Waals surface area contributed by atoms with Gasteiger partial charge in [-0.3, -0.25) is 4.98 Å². The molecule has 0 amide bonds. The quantitative estimate of drug-likeness (QED) is 0.610. The predicted molar refractivity (Wildman–Crippen MR) is 96.4 cm³/mol. The summed E-state index contributed by atoms with van der Waals surface area (Å²) in [5.41, 5.74) is 4.24. The van der Waals surface area contributed by atoms with E-state index in [1.165, 1.54) is 0 Å². The van der Waals surface area contributed by atoms with E-state index in [1.54, 1.807) is 13.3 Å². The monoisotopic (exact) mass is 338 g/mol. The van der Waals surface area contributed by atoms with Crippen molar-refractivity contribution in [3.8, 4) is 28.7 Å². The minimum atomic E-state index is 0. The molecule has 0 aliphatic carbocycles. The summed E-state index contributed by atoms with van der Waals surface area (Å²) in [5, 5.41) is 0. The van der Waals surface area contributed by atoms with Gasteiger partial charge in [-0.2, -0.15) is 0 Å². The van der Waals surface area contributed by atoms with Gasteiger partial charge in [0.25, 0.3) is 0 Å². The topological polar surface area (TPSA) is 63.7 Å². The average molecular weight is 339 g/mol. The van der Waals surface area contributed by atoms with Crippen LogP contribution < -0.4 is 4.74 Å². The van der Waals surface area contributed by atoms with E-state index in [4.69, 9.17) is 4.74 Å². The van der Waals surface area contributed by atoms with E-state index in [2.05, 4.69) is 19.9 Å². The Morgan fingerprint density at radius 3 is 2.50 bits per heavy atom. The van der Waals surface area contributed by atoms with Crippen LogP contribution in [0.5, 0.6) is 5.75 Å². The number of ether oxygens (including phenoxy) is 1. The molecule has 1 N–H and O–H groups in total. The summed E-state index contributed by atoms with van der Waals surface area (Å²) in [4.78, 5) is 16.9. The van der Waals surface area contributed by atoms with Crippen molar-refractivity contribution in [2.24, 2.45) is 0 Å². The summed E-state index contributed by atoms with van der Waals surface area (Å²) in [6, 6.07) is 17.4. The van der Waals surface area contributed by atoms with Crippen LogP contribution in [0.3, 0.4) is 0 Å². The van der Waals surface area contributed by atoms with Crippen molar-refractivity contribution in [2.75, 3.05) is 7.11 Å². The Kier molecular flexibility index (Phi) is 4.44. The first kappa shape index (κ1) is 16.0. The third-order valence-corrected chi connectivity index (χ3v) is 3.61. The molecule has 5 nitrogen and oxygen atoms in total. The summed E-state index contributed by atoms with van der Waals surface area (Å²) in [6.07, 6.45) is 1.76. The summed E-state index contributed by atoms with van der Waals surface area (Å²) < 4.78 is 5.24. The number of pyridine rings is 2. The standard InChI is InChI=1S/C18H14N4O.ClH/c1-23-12-8-9-15-17(11-12)22-18(21-15)16-7-4-6-14(20-16)13-5-2-3-10-19-13;/h2-11H,1H3,(H,21,22);1H. The molecule has 0 atom stereocenters. The molecule has 0 aliphatic heterocycles. The Labute approximate surface area is 145 Å². The highest BCUT2D eigenvalue weighted by atomic mass is 35.5. The molecular weight excluding hydrogens is 324 g/mol. The lowest BCUT2D eigenvalue weighted by atomic mass is 10.2. The van der Waals surface area contributed by atoms with Crippen LogP contribution in [-0.4, -0.2) is 27.0 Å². The maximum Gasteiger partial charge on any atom is 0.157 e. The molecule has 24 heavy (non-hydrogen) atoms. The van der Waals surface area contributed by atoms with Crippen LogP contribution in [0.2, 0.25) is 0 Å². The molecule has 3 aromatic heterocycles. The van der Waals surface area contributed by atoms with Crippen LogP contribution >= 0.6 is 12.4 Å². The molecule has 0 bridgehead atoms. The molecule has 6 heteroatoms. The number of nitrogens with one attached hydrogen (secondary N) is 1. The van der Waals surface area contributed by atoms with Crippen molar-refractivity contribution >= 4 is 23.4 Å². The molecule has 0 spiro atoms. The van der Waals surface area contributed by atoms with Gasteiger partial charge in [-0.05, 0) is 36.4 Å². The highest BCUT2D eigenvalue weighted by molar-refractivity contribution is 5.85. The number of hydrogen-bond donors (Lipinski definition) is 1. The predicted octanol–water partition coefficient (Wildman–Crippen LogP) is 4.12. The summed E-state index contributed by atoms with van der Waals surface area (Å²) >= 11 is 0. The number of aromatic nitrogens is 4. The lowest BCUT2D eigenvalue weighted by Crippen LogP contribution is -1.90. The zero-order valence-corrected chi connectivity index (χ0v) is 13.7. The number of halogens is 1. The molecule has 0 fully saturated rings. The van der Waals surface area contributed by atoms with E-state index in [0.29, 0.717) is 0 Å². The second-order valence-electron chi connectivity index (χ2n) is 5.09. The highest BCUT2D eigenvalue weighted by Gasteiger charge is 2.09. The first-order chi connectivity index (χ1) is 11.3. The van der Waals surface area contributed by atoms with Gasteiger partial charge < -0.3 is 9.72 Å². The Hall–Kier alpha value is -2.92. The molecule has 0 unspecified atom stereocenters. The number of nitrogens with zero attached hydrogens (tertiary/aromatic N) is 3. The fourth-order valence-corrected chi connectivity index (χ4v) is 2.46. The van der Waals surface area contributed by atoms with Crippen molar-refractivity contribution in [2.45, 2.75) is 0 Å². The van der Waals surface area contributed by atoms with E-state index < -0.39 is 0 Å². The normalized spacial score (nSPS) is 10.4. The van der Waals surface area contributed by atoms with Gasteiger partial charge in [0.15, 0.2) is 5.82 Å². The SMILES string of the molecule is COc1ccc2nc(-c3cccc(-c4ccccn4)n3)[nH]c2c1.Cl. The summed E-state index contributed by atoms with van der Waals surface area (Å²) in [5.74, 6) is 1.52. The van der Waals surface area contributed by atoms with E-state index in [-0.39, 0.29) is 12.4 Å². The fraction of sp³-hybridized carbons (Fsp3) is 0.0556. The van der Waals surface area contributed by atoms with E-state index >= 15 is 0 Å². The number of H-pyrrole nitrogens is 1. The number of fused-ring (bicyclic) bond motifs is 1. The van der Waals surface area contributed by atoms with Crippen molar-refractivity contribution < 1.29 is 4.74 Å². The lowest BCUT2D eigenvalue weighted by Gasteiger charge is -2.01. The molecule has 4 rings (SSSR count). The maximum absolute atomic E-state index is 5.24. The van der Waals surface area contributed by atoms with Gasteiger partial charge in [-0.1, -0.05) is 12.1 Å². The number of hydrogen-bond acceptors (Lipinski definition) is 4. The van der Waals surface area contributed by atoms with Crippen molar-refractivity contribution in [3.05, 3.63) is 60.8 Å². The minimum Gasteiger partial charge on any atom is -0.497 e. The second kappa shape index (κ2) is 6.68. The molecular formula is C18H15ClN4O. The molecule has 1 aromatic carbocycles. The van der Waals surface area contributed by atoms with Gasteiger partial charge in [-0.25, -0.2) is 9.97 Å². The van der Waals surface area contributed by atoms with Crippen molar-refractivity contribution in [3.63, 3.8) is 0 Å². The number of imidazole rings is 1. The second-order valence-corrected chi connectivity index (χ2v) is 5.09. The average Bonchev–Trinajstić information content (AvgIpc) is 3.06. The van der Waals surface area contributed by atoms with Crippen LogP contribution in [-0.2, 0) is 0 Å². The Morgan fingerprint density at radius 2 is 1.71 bits per heavy atom. The van der Waals surface area contributed by atoms with E-state index in [9.17, 15) is 0 Å². The highest BCUT2D eigenvalue weighted by Crippen LogP contribution is 2.24. The van der Waals surface area contributed by atoms with Gasteiger partial charge in [0.05, 0.1) is 29.5 Å². The first-order valence-electron chi connectivity index (χ1n) is 7.26. The van der Waals surface area contributed by atoms with Crippen molar-refractivity contribution in [1.82, 2.24) is 19.9 Å². The lowest BCUT2D eigenvalue weighted by molar-refractivity contribution is 0.415. The van der Waals surface area contributed by atoms with E-state index in [1.807, 2.05) is 54.6 Å². The zero-order chi connectivity index (χ0) is 15.6. The Bertz CT molecular complexity index is 969. The molecule has 0 radical (unpaired) electrons. The third-order valence-electron chi connectivity index (χ3n) is 3.61. The Balaban J connectivity index is 0.00000169.